The summed E-state index contributed by atoms with van der Waals surface area (Å²) in [4.78, 5) is 10.5. The van der Waals surface area contributed by atoms with Crippen LogP contribution in [0.5, 0.6) is 0 Å². The molecule has 2 heterocycles. The molecule has 27 heavy (non-hydrogen) atoms. The predicted molar refractivity (Wildman–Crippen MR) is 112 cm³/mol. The average molecular weight is 383 g/mol. The van der Waals surface area contributed by atoms with E-state index < -0.39 is 0 Å². The maximum atomic E-state index is 4.65. The highest BCUT2D eigenvalue weighted by Gasteiger charge is 2.05. The van der Waals surface area contributed by atoms with Crippen LogP contribution in [-0.4, -0.2) is 33.8 Å². The molecule has 0 saturated heterocycles. The van der Waals surface area contributed by atoms with Gasteiger partial charge >= 0.3 is 0 Å². The van der Waals surface area contributed by atoms with Gasteiger partial charge in [0.15, 0.2) is 5.96 Å². The van der Waals surface area contributed by atoms with Gasteiger partial charge in [0, 0.05) is 30.6 Å². The van der Waals surface area contributed by atoms with Crippen molar-refractivity contribution < 1.29 is 0 Å². The molecule has 1 aromatic carbocycles. The first-order valence-electron chi connectivity index (χ1n) is 9.20. The number of benzene rings is 1. The van der Waals surface area contributed by atoms with Gasteiger partial charge in [-0.15, -0.1) is 11.3 Å². The summed E-state index contributed by atoms with van der Waals surface area (Å²) in [5.74, 6) is 0.803. The molecule has 3 aromatic rings. The third-order valence-corrected chi connectivity index (χ3v) is 5.25. The molecule has 6 nitrogen and oxygen atoms in total. The summed E-state index contributed by atoms with van der Waals surface area (Å²) in [6.45, 7) is 8.39. The van der Waals surface area contributed by atoms with Gasteiger partial charge in [0.2, 0.25) is 0 Å². The van der Waals surface area contributed by atoms with Gasteiger partial charge in [-0.05, 0) is 39.0 Å². The molecule has 7 heteroatoms. The van der Waals surface area contributed by atoms with Gasteiger partial charge in [-0.1, -0.05) is 18.2 Å². The Kier molecular flexibility index (Phi) is 6.59. The van der Waals surface area contributed by atoms with Crippen LogP contribution in [0.15, 0.2) is 47.6 Å². The van der Waals surface area contributed by atoms with Crippen LogP contribution in [-0.2, 0) is 13.0 Å². The zero-order chi connectivity index (χ0) is 19.1. The van der Waals surface area contributed by atoms with E-state index in [1.165, 1.54) is 4.88 Å². The quantitative estimate of drug-likeness (QED) is 0.486. The Bertz CT molecular complexity index is 862. The number of rotatable bonds is 7. The predicted octanol–water partition coefficient (Wildman–Crippen LogP) is 3.24. The minimum absolute atomic E-state index is 0.532. The molecular formula is C20H26N6S. The van der Waals surface area contributed by atoms with E-state index in [9.17, 15) is 0 Å². The number of hydrogen-bond donors (Lipinski definition) is 2. The fourth-order valence-corrected chi connectivity index (χ4v) is 3.54. The van der Waals surface area contributed by atoms with Crippen LogP contribution in [0.4, 0.5) is 0 Å². The van der Waals surface area contributed by atoms with Crippen LogP contribution in [0.3, 0.4) is 0 Å². The molecule has 0 aliphatic carbocycles. The molecule has 0 amide bonds. The summed E-state index contributed by atoms with van der Waals surface area (Å²) in [6.07, 6.45) is 2.86. The fourth-order valence-electron chi connectivity index (χ4n) is 2.61. The molecule has 2 N–H and O–H groups in total. The van der Waals surface area contributed by atoms with Gasteiger partial charge in [0.05, 0.1) is 28.6 Å². The van der Waals surface area contributed by atoms with Gasteiger partial charge < -0.3 is 10.6 Å². The lowest BCUT2D eigenvalue weighted by Gasteiger charge is -2.10. The van der Waals surface area contributed by atoms with E-state index >= 15 is 0 Å². The minimum atomic E-state index is 0.532. The van der Waals surface area contributed by atoms with Gasteiger partial charge in [0.25, 0.3) is 0 Å². The van der Waals surface area contributed by atoms with Crippen molar-refractivity contribution in [1.29, 1.82) is 0 Å². The first kappa shape index (κ1) is 19.1. The highest BCUT2D eigenvalue weighted by molar-refractivity contribution is 7.11. The van der Waals surface area contributed by atoms with Gasteiger partial charge in [-0.3, -0.25) is 0 Å². The molecule has 0 aliphatic heterocycles. The zero-order valence-corrected chi connectivity index (χ0v) is 16.9. The smallest absolute Gasteiger partial charge is 0.191 e. The fraction of sp³-hybridized carbons (Fsp3) is 0.350. The van der Waals surface area contributed by atoms with Crippen molar-refractivity contribution in [1.82, 2.24) is 25.4 Å². The Balaban J connectivity index is 1.56. The first-order valence-corrected chi connectivity index (χ1v) is 10.0. The Hall–Kier alpha value is -2.67. The normalized spacial score (nSPS) is 11.6. The monoisotopic (exact) mass is 382 g/mol. The summed E-state index contributed by atoms with van der Waals surface area (Å²) in [5.41, 5.74) is 3.11. The number of hydrogen-bond acceptors (Lipinski definition) is 4. The van der Waals surface area contributed by atoms with Crippen molar-refractivity contribution in [2.45, 2.75) is 33.7 Å². The minimum Gasteiger partial charge on any atom is -0.357 e. The molecule has 0 saturated carbocycles. The topological polar surface area (TPSA) is 67.1 Å². The van der Waals surface area contributed by atoms with Crippen LogP contribution in [0.1, 0.15) is 28.2 Å². The number of aliphatic imine (C=N–C) groups is 1. The summed E-state index contributed by atoms with van der Waals surface area (Å²) in [5, 5.41) is 12.4. The standard InChI is InChI=1S/C20H26N6S/c1-4-21-20(22-12-10-19-24-15(2)16(3)27-19)23-14-17-11-13-26(25-17)18-8-6-5-7-9-18/h5-9,11,13H,4,10,12,14H2,1-3H3,(H2,21,22,23). The molecule has 0 atom stereocenters. The molecule has 142 valence electrons. The van der Waals surface area contributed by atoms with Crippen molar-refractivity contribution >= 4 is 17.3 Å². The molecule has 0 spiro atoms. The lowest BCUT2D eigenvalue weighted by Crippen LogP contribution is -2.38. The van der Waals surface area contributed by atoms with Crippen LogP contribution in [0.2, 0.25) is 0 Å². The van der Waals surface area contributed by atoms with Crippen molar-refractivity contribution in [3.05, 3.63) is 63.9 Å². The summed E-state index contributed by atoms with van der Waals surface area (Å²) >= 11 is 1.77. The van der Waals surface area contributed by atoms with E-state index in [-0.39, 0.29) is 0 Å². The number of nitrogens with one attached hydrogen (secondary N) is 2. The Morgan fingerprint density at radius 2 is 1.96 bits per heavy atom. The van der Waals surface area contributed by atoms with E-state index in [2.05, 4.69) is 46.5 Å². The van der Waals surface area contributed by atoms with Crippen molar-refractivity contribution in [3.63, 3.8) is 0 Å². The number of guanidine groups is 1. The Labute approximate surface area is 164 Å². The lowest BCUT2D eigenvalue weighted by atomic mass is 10.3. The number of nitrogens with zero attached hydrogens (tertiary/aromatic N) is 4. The Morgan fingerprint density at radius 3 is 2.67 bits per heavy atom. The molecule has 0 unspecified atom stereocenters. The largest absolute Gasteiger partial charge is 0.357 e. The van der Waals surface area contributed by atoms with E-state index in [1.54, 1.807) is 11.3 Å². The second kappa shape index (κ2) is 9.32. The van der Waals surface area contributed by atoms with Crippen LogP contribution < -0.4 is 10.6 Å². The second-order valence-electron chi connectivity index (χ2n) is 6.21. The van der Waals surface area contributed by atoms with Crippen LogP contribution in [0.25, 0.3) is 5.69 Å². The van der Waals surface area contributed by atoms with Gasteiger partial charge in [-0.25, -0.2) is 14.7 Å². The van der Waals surface area contributed by atoms with Gasteiger partial charge in [-0.2, -0.15) is 5.10 Å². The molecular weight excluding hydrogens is 356 g/mol. The molecule has 3 rings (SSSR count). The number of para-hydroxylation sites is 1. The number of thiazole rings is 1. The maximum Gasteiger partial charge on any atom is 0.191 e. The summed E-state index contributed by atoms with van der Waals surface area (Å²) in [6, 6.07) is 12.1. The van der Waals surface area contributed by atoms with E-state index in [0.29, 0.717) is 6.54 Å². The SMILES string of the molecule is CCNC(=NCc1ccn(-c2ccccc2)n1)NCCc1nc(C)c(C)s1. The second-order valence-corrected chi connectivity index (χ2v) is 7.50. The average Bonchev–Trinajstić information content (AvgIpc) is 3.27. The van der Waals surface area contributed by atoms with E-state index in [0.717, 1.165) is 47.6 Å². The molecule has 0 aliphatic rings. The van der Waals surface area contributed by atoms with Crippen molar-refractivity contribution in [2.24, 2.45) is 4.99 Å². The highest BCUT2D eigenvalue weighted by atomic mass is 32.1. The maximum absolute atomic E-state index is 4.65. The number of aromatic nitrogens is 3. The first-order chi connectivity index (χ1) is 13.2. The molecule has 2 aromatic heterocycles. The zero-order valence-electron chi connectivity index (χ0n) is 16.1. The van der Waals surface area contributed by atoms with Crippen molar-refractivity contribution in [2.75, 3.05) is 13.1 Å². The van der Waals surface area contributed by atoms with Crippen LogP contribution in [0, 0.1) is 13.8 Å². The van der Waals surface area contributed by atoms with E-state index in [1.807, 2.05) is 47.3 Å². The lowest BCUT2D eigenvalue weighted by molar-refractivity contribution is 0.785. The summed E-state index contributed by atoms with van der Waals surface area (Å²) < 4.78 is 1.87. The Morgan fingerprint density at radius 1 is 1.15 bits per heavy atom. The molecule has 0 fully saturated rings. The third-order valence-electron chi connectivity index (χ3n) is 4.11. The van der Waals surface area contributed by atoms with E-state index in [4.69, 9.17) is 0 Å². The highest BCUT2D eigenvalue weighted by Crippen LogP contribution is 2.16. The third kappa shape index (κ3) is 5.40. The molecule has 0 bridgehead atoms. The summed E-state index contributed by atoms with van der Waals surface area (Å²) in [7, 11) is 0. The van der Waals surface area contributed by atoms with Crippen molar-refractivity contribution in [3.8, 4) is 5.69 Å². The molecule has 0 radical (unpaired) electrons. The van der Waals surface area contributed by atoms with Crippen LogP contribution >= 0.6 is 11.3 Å². The number of aryl methyl sites for hydroxylation is 2. The van der Waals surface area contributed by atoms with Gasteiger partial charge in [0.1, 0.15) is 0 Å².